The van der Waals surface area contributed by atoms with E-state index >= 15 is 0 Å². The van der Waals surface area contributed by atoms with Crippen molar-refractivity contribution in [2.75, 3.05) is 20.3 Å². The normalized spacial score (nSPS) is 16.1. The molecule has 1 heterocycles. The second kappa shape index (κ2) is 13.0. The Bertz CT molecular complexity index is 1530. The highest BCUT2D eigenvalue weighted by atomic mass is 35.5. The molecule has 40 heavy (non-hydrogen) atoms. The molecule has 0 bridgehead atoms. The number of ether oxygens (including phenoxy) is 2. The molecule has 0 spiro atoms. The van der Waals surface area contributed by atoms with E-state index in [4.69, 9.17) is 32.7 Å². The molecule has 0 N–H and O–H groups in total. The Morgan fingerprint density at radius 2 is 1.77 bits per heavy atom. The van der Waals surface area contributed by atoms with Crippen molar-refractivity contribution >= 4 is 50.7 Å². The van der Waals surface area contributed by atoms with Crippen molar-refractivity contribution in [1.82, 2.24) is 4.31 Å². The third-order valence-electron chi connectivity index (χ3n) is 6.57. The third-order valence-corrected chi connectivity index (χ3v) is 8.87. The van der Waals surface area contributed by atoms with Crippen molar-refractivity contribution in [2.24, 2.45) is 5.92 Å². The SMILES string of the molecule is COc1ccc(Cl)cc1CC1CCC(=O)CN(S(=O)(=O)c2ccc(Cl)c(C(=O)COCc3ccccc3)c2)C1=O. The number of hydrogen-bond donors (Lipinski definition) is 0. The van der Waals surface area contributed by atoms with Crippen molar-refractivity contribution in [3.8, 4) is 5.75 Å². The molecule has 1 fully saturated rings. The fourth-order valence-corrected chi connectivity index (χ4v) is 6.34. The monoisotopic (exact) mass is 603 g/mol. The summed E-state index contributed by atoms with van der Waals surface area (Å²) in [7, 11) is -3.02. The molecule has 0 aliphatic carbocycles. The molecule has 3 aromatic carbocycles. The minimum absolute atomic E-state index is 0.0361. The summed E-state index contributed by atoms with van der Waals surface area (Å²) in [6, 6.07) is 17.8. The Kier molecular flexibility index (Phi) is 9.63. The lowest BCUT2D eigenvalue weighted by Crippen LogP contribution is -2.42. The largest absolute Gasteiger partial charge is 0.496 e. The summed E-state index contributed by atoms with van der Waals surface area (Å²) in [5.74, 6) is -1.95. The van der Waals surface area contributed by atoms with Crippen LogP contribution in [0.2, 0.25) is 10.0 Å². The van der Waals surface area contributed by atoms with Crippen LogP contribution in [0.3, 0.4) is 0 Å². The number of halogens is 2. The Labute approximate surface area is 242 Å². The first kappa shape index (κ1) is 29.7. The van der Waals surface area contributed by atoms with E-state index in [0.29, 0.717) is 20.6 Å². The first-order valence-electron chi connectivity index (χ1n) is 12.4. The minimum atomic E-state index is -4.50. The van der Waals surface area contributed by atoms with Gasteiger partial charge in [0.2, 0.25) is 5.91 Å². The van der Waals surface area contributed by atoms with E-state index in [1.54, 1.807) is 18.2 Å². The summed E-state index contributed by atoms with van der Waals surface area (Å²) >= 11 is 12.4. The average Bonchev–Trinajstić information content (AvgIpc) is 3.08. The molecule has 1 aliphatic heterocycles. The lowest BCUT2D eigenvalue weighted by molar-refractivity contribution is -0.131. The number of ketones is 2. The molecular formula is C29H27Cl2NO7S. The molecular weight excluding hydrogens is 577 g/mol. The predicted molar refractivity (Wildman–Crippen MR) is 150 cm³/mol. The van der Waals surface area contributed by atoms with E-state index in [-0.39, 0.29) is 48.0 Å². The fraction of sp³-hybridized carbons (Fsp3) is 0.276. The van der Waals surface area contributed by atoms with Gasteiger partial charge in [0.15, 0.2) is 11.6 Å². The van der Waals surface area contributed by atoms with Crippen LogP contribution in [-0.4, -0.2) is 50.5 Å². The molecule has 0 aromatic heterocycles. The number of sulfonamides is 1. The standard InChI is InChI=1S/C29H27Cl2NO7S/c1-38-28-12-8-22(30)14-21(28)13-20-7-9-23(33)16-32(29(20)35)40(36,37)24-10-11-26(31)25(15-24)27(34)18-39-17-19-5-3-2-4-6-19/h2-6,8,10-12,14-15,20H,7,9,13,16-18H2,1H3. The Morgan fingerprint density at radius 1 is 1.02 bits per heavy atom. The molecule has 4 rings (SSSR count). The number of carbonyl (C=O) groups is 3. The van der Waals surface area contributed by atoms with Gasteiger partial charge >= 0.3 is 0 Å². The molecule has 3 aromatic rings. The second-order valence-corrected chi connectivity index (χ2v) is 12.0. The topological polar surface area (TPSA) is 107 Å². The van der Waals surface area contributed by atoms with E-state index < -0.39 is 40.0 Å². The fourth-order valence-electron chi connectivity index (χ4n) is 4.46. The van der Waals surface area contributed by atoms with E-state index in [1.807, 2.05) is 30.3 Å². The van der Waals surface area contributed by atoms with Gasteiger partial charge in [0.05, 0.1) is 30.2 Å². The Balaban J connectivity index is 1.57. The smallest absolute Gasteiger partial charge is 0.266 e. The number of methoxy groups -OCH3 is 1. The summed E-state index contributed by atoms with van der Waals surface area (Å²) in [5.41, 5.74) is 1.42. The number of amides is 1. The maximum atomic E-state index is 13.7. The van der Waals surface area contributed by atoms with Crippen LogP contribution in [0.1, 0.15) is 34.3 Å². The van der Waals surface area contributed by atoms with Gasteiger partial charge in [0, 0.05) is 22.9 Å². The average molecular weight is 605 g/mol. The number of hydrogen-bond acceptors (Lipinski definition) is 7. The Hall–Kier alpha value is -3.24. The molecule has 1 atom stereocenters. The van der Waals surface area contributed by atoms with Crippen molar-refractivity contribution in [3.05, 3.63) is 93.5 Å². The van der Waals surface area contributed by atoms with Gasteiger partial charge in [-0.2, -0.15) is 0 Å². The maximum absolute atomic E-state index is 13.7. The first-order valence-corrected chi connectivity index (χ1v) is 14.6. The molecule has 11 heteroatoms. The van der Waals surface area contributed by atoms with Crippen molar-refractivity contribution in [3.63, 3.8) is 0 Å². The van der Waals surface area contributed by atoms with Crippen LogP contribution in [-0.2, 0) is 37.4 Å². The van der Waals surface area contributed by atoms with Gasteiger partial charge in [-0.25, -0.2) is 12.7 Å². The van der Waals surface area contributed by atoms with Gasteiger partial charge in [-0.15, -0.1) is 0 Å². The van der Waals surface area contributed by atoms with Crippen LogP contribution in [0.5, 0.6) is 5.75 Å². The molecule has 8 nitrogen and oxygen atoms in total. The highest BCUT2D eigenvalue weighted by Crippen LogP contribution is 2.31. The van der Waals surface area contributed by atoms with Crippen LogP contribution in [0, 0.1) is 5.92 Å². The van der Waals surface area contributed by atoms with Crippen LogP contribution in [0.25, 0.3) is 0 Å². The number of rotatable bonds is 10. The molecule has 1 amide bonds. The molecule has 210 valence electrons. The molecule has 1 aliphatic rings. The van der Waals surface area contributed by atoms with E-state index in [2.05, 4.69) is 0 Å². The van der Waals surface area contributed by atoms with Gasteiger partial charge in [-0.3, -0.25) is 14.4 Å². The first-order chi connectivity index (χ1) is 19.1. The highest BCUT2D eigenvalue weighted by Gasteiger charge is 2.38. The number of nitrogens with zero attached hydrogens (tertiary/aromatic N) is 1. The van der Waals surface area contributed by atoms with Gasteiger partial charge in [0.25, 0.3) is 10.0 Å². The summed E-state index contributed by atoms with van der Waals surface area (Å²) in [6.07, 6.45) is 0.335. The number of Topliss-reactive ketones (excluding diaryl/α,β-unsaturated/α-hetero) is 2. The van der Waals surface area contributed by atoms with E-state index in [9.17, 15) is 22.8 Å². The van der Waals surface area contributed by atoms with Crippen molar-refractivity contribution < 1.29 is 32.3 Å². The van der Waals surface area contributed by atoms with Crippen molar-refractivity contribution in [1.29, 1.82) is 0 Å². The number of benzene rings is 3. The van der Waals surface area contributed by atoms with Crippen LogP contribution in [0.15, 0.2) is 71.6 Å². The molecule has 0 radical (unpaired) electrons. The van der Waals surface area contributed by atoms with E-state index in [0.717, 1.165) is 11.6 Å². The lowest BCUT2D eigenvalue weighted by atomic mass is 9.93. The zero-order valence-electron chi connectivity index (χ0n) is 21.6. The highest BCUT2D eigenvalue weighted by molar-refractivity contribution is 7.89. The van der Waals surface area contributed by atoms with Crippen LogP contribution in [0.4, 0.5) is 0 Å². The molecule has 1 saturated heterocycles. The summed E-state index contributed by atoms with van der Waals surface area (Å²) in [5, 5.41) is 0.472. The maximum Gasteiger partial charge on any atom is 0.266 e. The van der Waals surface area contributed by atoms with Crippen LogP contribution < -0.4 is 4.74 Å². The second-order valence-electron chi connectivity index (χ2n) is 9.33. The van der Waals surface area contributed by atoms with Gasteiger partial charge in [-0.1, -0.05) is 53.5 Å². The zero-order chi connectivity index (χ0) is 28.9. The predicted octanol–water partition coefficient (Wildman–Crippen LogP) is 5.14. The molecule has 1 unspecified atom stereocenters. The summed E-state index contributed by atoms with van der Waals surface area (Å²) in [6.45, 7) is -0.745. The zero-order valence-corrected chi connectivity index (χ0v) is 24.0. The van der Waals surface area contributed by atoms with Gasteiger partial charge in [-0.05, 0) is 60.4 Å². The lowest BCUT2D eigenvalue weighted by Gasteiger charge is -2.24. The van der Waals surface area contributed by atoms with E-state index in [1.165, 1.54) is 19.2 Å². The van der Waals surface area contributed by atoms with Gasteiger partial charge < -0.3 is 9.47 Å². The summed E-state index contributed by atoms with van der Waals surface area (Å²) in [4.78, 5) is 38.7. The van der Waals surface area contributed by atoms with Crippen molar-refractivity contribution in [2.45, 2.75) is 30.8 Å². The number of carbonyl (C=O) groups excluding carboxylic acids is 3. The molecule has 0 saturated carbocycles. The Morgan fingerprint density at radius 3 is 2.50 bits per heavy atom. The third kappa shape index (κ3) is 6.90. The van der Waals surface area contributed by atoms with Crippen LogP contribution >= 0.6 is 23.2 Å². The quantitative estimate of drug-likeness (QED) is 0.295. The minimum Gasteiger partial charge on any atom is -0.496 e. The van der Waals surface area contributed by atoms with Gasteiger partial charge in [0.1, 0.15) is 12.4 Å². The summed E-state index contributed by atoms with van der Waals surface area (Å²) < 4.78 is 38.8.